The van der Waals surface area contributed by atoms with Crippen molar-refractivity contribution in [1.82, 2.24) is 10.2 Å². The minimum Gasteiger partial charge on any atom is -0.341 e. The Morgan fingerprint density at radius 2 is 1.96 bits per heavy atom. The molecule has 0 aliphatic carbocycles. The number of hydrogen-bond donors (Lipinski definition) is 1. The van der Waals surface area contributed by atoms with Crippen LogP contribution in [0.2, 0.25) is 0 Å². The first kappa shape index (κ1) is 18.4. The number of nitrogens with zero attached hydrogens (tertiary/aromatic N) is 1. The van der Waals surface area contributed by atoms with E-state index in [0.29, 0.717) is 24.9 Å². The van der Waals surface area contributed by atoms with Crippen LogP contribution in [0.1, 0.15) is 52.2 Å². The van der Waals surface area contributed by atoms with Gasteiger partial charge in [0.15, 0.2) is 5.78 Å². The van der Waals surface area contributed by atoms with Gasteiger partial charge in [0.05, 0.1) is 0 Å². The molecule has 128 valence electrons. The third kappa shape index (κ3) is 4.34. The molecule has 2 fully saturated rings. The van der Waals surface area contributed by atoms with E-state index >= 15 is 0 Å². The van der Waals surface area contributed by atoms with Gasteiger partial charge in [0.1, 0.15) is 0 Å². The van der Waals surface area contributed by atoms with Gasteiger partial charge in [-0.05, 0) is 39.2 Å². The lowest BCUT2D eigenvalue weighted by Crippen LogP contribution is -2.39. The maximum absolute atomic E-state index is 12.4. The third-order valence-corrected chi connectivity index (χ3v) is 5.75. The maximum atomic E-state index is 12.4. The Morgan fingerprint density at radius 1 is 1.22 bits per heavy atom. The van der Waals surface area contributed by atoms with Gasteiger partial charge < -0.3 is 10.2 Å². The highest BCUT2D eigenvalue weighted by Crippen LogP contribution is 2.23. The van der Waals surface area contributed by atoms with E-state index in [9.17, 15) is 9.59 Å². The zero-order valence-electron chi connectivity index (χ0n) is 13.8. The lowest BCUT2D eigenvalue weighted by Gasteiger charge is -2.24. The highest BCUT2D eigenvalue weighted by Gasteiger charge is 2.31. The summed E-state index contributed by atoms with van der Waals surface area (Å²) in [6.07, 6.45) is 4.11. The van der Waals surface area contributed by atoms with Crippen molar-refractivity contribution in [3.63, 3.8) is 0 Å². The molecule has 3 heterocycles. The molecular formula is C17H25ClN2O2S. The number of halogens is 1. The number of ketones is 1. The fourth-order valence-corrected chi connectivity index (χ4v) is 4.53. The first-order valence-electron chi connectivity index (χ1n) is 8.17. The molecule has 2 atom stereocenters. The minimum absolute atomic E-state index is 0. The molecule has 1 N–H and O–H groups in total. The summed E-state index contributed by atoms with van der Waals surface area (Å²) in [5, 5.41) is 3.58. The van der Waals surface area contributed by atoms with Crippen molar-refractivity contribution in [2.75, 3.05) is 13.1 Å². The van der Waals surface area contributed by atoms with E-state index in [1.807, 2.05) is 24.8 Å². The van der Waals surface area contributed by atoms with Gasteiger partial charge in [0.25, 0.3) is 0 Å². The second-order valence-corrected chi connectivity index (χ2v) is 7.98. The number of nitrogens with one attached hydrogen (secondary N) is 1. The molecule has 2 bridgehead atoms. The van der Waals surface area contributed by atoms with Gasteiger partial charge in [0, 0.05) is 53.3 Å². The summed E-state index contributed by atoms with van der Waals surface area (Å²) in [4.78, 5) is 28.9. The Hall–Kier alpha value is -0.910. The average molecular weight is 357 g/mol. The molecule has 6 heteroatoms. The van der Waals surface area contributed by atoms with Crippen LogP contribution in [-0.2, 0) is 4.79 Å². The van der Waals surface area contributed by atoms with Crippen LogP contribution in [0.15, 0.2) is 6.07 Å². The number of aryl methyl sites for hydroxylation is 2. The average Bonchev–Trinajstić information content (AvgIpc) is 2.97. The highest BCUT2D eigenvalue weighted by molar-refractivity contribution is 7.12. The van der Waals surface area contributed by atoms with E-state index in [0.717, 1.165) is 34.8 Å². The Bertz CT molecular complexity index is 587. The van der Waals surface area contributed by atoms with Gasteiger partial charge in [-0.25, -0.2) is 0 Å². The van der Waals surface area contributed by atoms with Crippen molar-refractivity contribution in [3.05, 3.63) is 21.4 Å². The molecule has 3 rings (SSSR count). The van der Waals surface area contributed by atoms with E-state index in [1.165, 1.54) is 12.8 Å². The number of thiophene rings is 1. The summed E-state index contributed by atoms with van der Waals surface area (Å²) in [5.74, 6) is 0.233. The number of hydrogen-bond acceptors (Lipinski definition) is 4. The van der Waals surface area contributed by atoms with Crippen LogP contribution in [0.4, 0.5) is 0 Å². The number of carbonyl (C=O) groups excluding carboxylic acids is 2. The predicted octanol–water partition coefficient (Wildman–Crippen LogP) is 3.10. The monoisotopic (exact) mass is 356 g/mol. The number of fused-ring (bicyclic) bond motifs is 2. The van der Waals surface area contributed by atoms with Gasteiger partial charge in [-0.3, -0.25) is 9.59 Å². The molecule has 0 spiro atoms. The summed E-state index contributed by atoms with van der Waals surface area (Å²) < 4.78 is 0. The van der Waals surface area contributed by atoms with Crippen LogP contribution >= 0.6 is 23.7 Å². The van der Waals surface area contributed by atoms with Gasteiger partial charge in [0.2, 0.25) is 5.91 Å². The van der Waals surface area contributed by atoms with Crippen molar-refractivity contribution in [2.24, 2.45) is 0 Å². The summed E-state index contributed by atoms with van der Waals surface area (Å²) in [7, 11) is 0. The molecule has 2 saturated heterocycles. The lowest BCUT2D eigenvalue weighted by atomic mass is 10.1. The molecule has 2 aliphatic heterocycles. The second kappa shape index (κ2) is 7.77. The maximum Gasteiger partial charge on any atom is 0.223 e. The first-order valence-corrected chi connectivity index (χ1v) is 8.98. The van der Waals surface area contributed by atoms with E-state index in [4.69, 9.17) is 0 Å². The SMILES string of the molecule is Cc1cc(C(=O)CCC(=O)N2CCC3CCC(C2)N3)c(C)s1.Cl. The van der Waals surface area contributed by atoms with Crippen molar-refractivity contribution in [1.29, 1.82) is 0 Å². The Labute approximate surface area is 148 Å². The van der Waals surface area contributed by atoms with E-state index in [2.05, 4.69) is 5.32 Å². The minimum atomic E-state index is 0. The topological polar surface area (TPSA) is 49.4 Å². The molecule has 2 unspecified atom stereocenters. The highest BCUT2D eigenvalue weighted by atomic mass is 35.5. The zero-order chi connectivity index (χ0) is 15.7. The third-order valence-electron chi connectivity index (χ3n) is 4.78. The molecule has 0 saturated carbocycles. The zero-order valence-corrected chi connectivity index (χ0v) is 15.4. The van der Waals surface area contributed by atoms with Crippen LogP contribution in [-0.4, -0.2) is 41.8 Å². The number of amides is 1. The van der Waals surface area contributed by atoms with Gasteiger partial charge in [-0.15, -0.1) is 23.7 Å². The number of Topliss-reactive ketones (excluding diaryl/α,β-unsaturated/α-hetero) is 1. The molecular weight excluding hydrogens is 332 g/mol. The molecule has 23 heavy (non-hydrogen) atoms. The molecule has 1 aromatic heterocycles. The Morgan fingerprint density at radius 3 is 2.65 bits per heavy atom. The van der Waals surface area contributed by atoms with Gasteiger partial charge >= 0.3 is 0 Å². The van der Waals surface area contributed by atoms with Crippen LogP contribution < -0.4 is 5.32 Å². The van der Waals surface area contributed by atoms with Crippen molar-refractivity contribution >= 4 is 35.4 Å². The number of likely N-dealkylation sites (tertiary alicyclic amines) is 1. The van der Waals surface area contributed by atoms with Crippen molar-refractivity contribution in [3.8, 4) is 0 Å². The Kier molecular flexibility index (Phi) is 6.23. The lowest BCUT2D eigenvalue weighted by molar-refractivity contribution is -0.131. The van der Waals surface area contributed by atoms with Gasteiger partial charge in [-0.2, -0.15) is 0 Å². The van der Waals surface area contributed by atoms with E-state index in [-0.39, 0.29) is 24.1 Å². The first-order chi connectivity index (χ1) is 10.5. The molecule has 1 aromatic rings. The van der Waals surface area contributed by atoms with E-state index in [1.54, 1.807) is 11.3 Å². The summed E-state index contributed by atoms with van der Waals surface area (Å²) in [6, 6.07) is 2.98. The molecule has 4 nitrogen and oxygen atoms in total. The van der Waals surface area contributed by atoms with Crippen LogP contribution in [0.3, 0.4) is 0 Å². The van der Waals surface area contributed by atoms with Crippen LogP contribution in [0, 0.1) is 13.8 Å². The van der Waals surface area contributed by atoms with Crippen LogP contribution in [0.25, 0.3) is 0 Å². The summed E-state index contributed by atoms with van der Waals surface area (Å²) in [6.45, 7) is 5.63. The Balaban J connectivity index is 0.00000192. The molecule has 0 aromatic carbocycles. The fourth-order valence-electron chi connectivity index (χ4n) is 3.59. The summed E-state index contributed by atoms with van der Waals surface area (Å²) >= 11 is 1.65. The fraction of sp³-hybridized carbons (Fsp3) is 0.647. The molecule has 2 aliphatic rings. The smallest absolute Gasteiger partial charge is 0.223 e. The van der Waals surface area contributed by atoms with Crippen LogP contribution in [0.5, 0.6) is 0 Å². The standard InChI is InChI=1S/C17H24N2O2S.ClH/c1-11-9-15(12(2)22-11)16(20)5-6-17(21)19-8-7-13-3-4-14(10-19)18-13;/h9,13-14,18H,3-8,10H2,1-2H3;1H. The predicted molar refractivity (Wildman–Crippen MR) is 95.7 cm³/mol. The molecule has 0 radical (unpaired) electrons. The van der Waals surface area contributed by atoms with Crippen molar-refractivity contribution < 1.29 is 9.59 Å². The number of carbonyl (C=O) groups is 2. The van der Waals surface area contributed by atoms with E-state index < -0.39 is 0 Å². The second-order valence-electron chi connectivity index (χ2n) is 6.52. The molecule has 1 amide bonds. The largest absolute Gasteiger partial charge is 0.341 e. The normalized spacial score (nSPS) is 23.3. The quantitative estimate of drug-likeness (QED) is 0.843. The van der Waals surface area contributed by atoms with Gasteiger partial charge in [-0.1, -0.05) is 0 Å². The summed E-state index contributed by atoms with van der Waals surface area (Å²) in [5.41, 5.74) is 0.798. The number of rotatable bonds is 4. The van der Waals surface area contributed by atoms with Crippen molar-refractivity contribution in [2.45, 2.75) is 58.0 Å².